The first-order chi connectivity index (χ1) is 9.54. The molecule has 0 amide bonds. The summed E-state index contributed by atoms with van der Waals surface area (Å²) in [6.45, 7) is 7.57. The van der Waals surface area contributed by atoms with Gasteiger partial charge in [-0.3, -0.25) is 4.57 Å². The summed E-state index contributed by atoms with van der Waals surface area (Å²) in [4.78, 5) is 9.32. The molecule has 0 radical (unpaired) electrons. The lowest BCUT2D eigenvalue weighted by Gasteiger charge is -2.27. The molecule has 0 aliphatic carbocycles. The molecule has 1 saturated heterocycles. The van der Waals surface area contributed by atoms with Crippen LogP contribution in [0.25, 0.3) is 11.2 Å². The highest BCUT2D eigenvalue weighted by Crippen LogP contribution is 2.30. The molecule has 108 valence electrons. The van der Waals surface area contributed by atoms with E-state index in [9.17, 15) is 0 Å². The van der Waals surface area contributed by atoms with Crippen LogP contribution in [0.4, 0.5) is 0 Å². The van der Waals surface area contributed by atoms with Crippen molar-refractivity contribution in [2.75, 3.05) is 6.61 Å². The van der Waals surface area contributed by atoms with Gasteiger partial charge in [0, 0.05) is 19.2 Å². The van der Waals surface area contributed by atoms with Crippen LogP contribution in [0.15, 0.2) is 18.3 Å². The first-order valence-electron chi connectivity index (χ1n) is 7.48. The molecule has 1 atom stereocenters. The molecule has 4 heteroatoms. The maximum absolute atomic E-state index is 5.97. The number of hydrogen-bond donors (Lipinski definition) is 0. The number of rotatable bonds is 2. The Morgan fingerprint density at radius 1 is 1.35 bits per heavy atom. The quantitative estimate of drug-likeness (QED) is 0.837. The molecule has 1 fully saturated rings. The number of nitrogens with zero attached hydrogens (tertiary/aromatic N) is 3. The molecule has 20 heavy (non-hydrogen) atoms. The lowest BCUT2D eigenvalue weighted by molar-refractivity contribution is -0.0318. The van der Waals surface area contributed by atoms with Crippen molar-refractivity contribution in [3.05, 3.63) is 24.2 Å². The van der Waals surface area contributed by atoms with Crippen molar-refractivity contribution in [2.24, 2.45) is 5.41 Å². The Morgan fingerprint density at radius 2 is 2.20 bits per heavy atom. The zero-order valence-corrected chi connectivity index (χ0v) is 12.6. The molecule has 3 heterocycles. The molecule has 1 unspecified atom stereocenters. The maximum atomic E-state index is 5.97. The summed E-state index contributed by atoms with van der Waals surface area (Å²) in [5.74, 6) is 1.10. The molecular weight excluding hydrogens is 250 g/mol. The summed E-state index contributed by atoms with van der Waals surface area (Å²) in [5.41, 5.74) is 2.13. The SMILES string of the molecule is CC(C)(C)Cc1nc2cccnc2n1C1CCCCO1. The molecule has 0 bridgehead atoms. The van der Waals surface area contributed by atoms with E-state index in [2.05, 4.69) is 30.3 Å². The van der Waals surface area contributed by atoms with Gasteiger partial charge < -0.3 is 4.74 Å². The average molecular weight is 273 g/mol. The minimum Gasteiger partial charge on any atom is -0.358 e. The fourth-order valence-electron chi connectivity index (χ4n) is 2.81. The van der Waals surface area contributed by atoms with E-state index in [1.165, 1.54) is 6.42 Å². The third-order valence-electron chi connectivity index (χ3n) is 3.65. The van der Waals surface area contributed by atoms with E-state index in [0.717, 1.165) is 42.9 Å². The van der Waals surface area contributed by atoms with Gasteiger partial charge in [-0.25, -0.2) is 9.97 Å². The summed E-state index contributed by atoms with van der Waals surface area (Å²) in [6.07, 6.45) is 6.30. The van der Waals surface area contributed by atoms with Gasteiger partial charge in [-0.15, -0.1) is 0 Å². The van der Waals surface area contributed by atoms with Gasteiger partial charge in [0.25, 0.3) is 0 Å². The number of imidazole rings is 1. The van der Waals surface area contributed by atoms with Crippen LogP contribution in [0.1, 0.15) is 52.1 Å². The topological polar surface area (TPSA) is 39.9 Å². The third kappa shape index (κ3) is 2.70. The predicted octanol–water partition coefficient (Wildman–Crippen LogP) is 3.72. The normalized spacial score (nSPS) is 20.4. The van der Waals surface area contributed by atoms with Crippen molar-refractivity contribution in [1.82, 2.24) is 14.5 Å². The monoisotopic (exact) mass is 273 g/mol. The fraction of sp³-hybridized carbons (Fsp3) is 0.625. The highest BCUT2D eigenvalue weighted by Gasteiger charge is 2.25. The Labute approximate surface area is 120 Å². The molecule has 3 rings (SSSR count). The second-order valence-corrected chi connectivity index (χ2v) is 6.80. The lowest BCUT2D eigenvalue weighted by Crippen LogP contribution is -2.22. The van der Waals surface area contributed by atoms with Crippen LogP contribution in [0.3, 0.4) is 0 Å². The van der Waals surface area contributed by atoms with Crippen molar-refractivity contribution in [3.8, 4) is 0 Å². The smallest absolute Gasteiger partial charge is 0.162 e. The predicted molar refractivity (Wildman–Crippen MR) is 79.5 cm³/mol. The van der Waals surface area contributed by atoms with Gasteiger partial charge in [-0.2, -0.15) is 0 Å². The van der Waals surface area contributed by atoms with Crippen molar-refractivity contribution < 1.29 is 4.74 Å². The van der Waals surface area contributed by atoms with E-state index in [1.54, 1.807) is 0 Å². The number of aromatic nitrogens is 3. The number of hydrogen-bond acceptors (Lipinski definition) is 3. The molecule has 4 nitrogen and oxygen atoms in total. The Kier molecular flexibility index (Phi) is 3.50. The number of fused-ring (bicyclic) bond motifs is 1. The van der Waals surface area contributed by atoms with Crippen molar-refractivity contribution in [3.63, 3.8) is 0 Å². The van der Waals surface area contributed by atoms with Gasteiger partial charge in [-0.1, -0.05) is 20.8 Å². The third-order valence-corrected chi connectivity index (χ3v) is 3.65. The second-order valence-electron chi connectivity index (χ2n) is 6.80. The van der Waals surface area contributed by atoms with E-state index in [-0.39, 0.29) is 11.6 Å². The van der Waals surface area contributed by atoms with Crippen LogP contribution < -0.4 is 0 Å². The summed E-state index contributed by atoms with van der Waals surface area (Å²) in [5, 5.41) is 0. The van der Waals surface area contributed by atoms with E-state index < -0.39 is 0 Å². The van der Waals surface area contributed by atoms with Gasteiger partial charge in [0.1, 0.15) is 17.6 Å². The molecule has 1 aliphatic rings. The molecule has 1 aliphatic heterocycles. The van der Waals surface area contributed by atoms with Gasteiger partial charge in [0.2, 0.25) is 0 Å². The summed E-state index contributed by atoms with van der Waals surface area (Å²) in [6, 6.07) is 3.98. The first kappa shape index (κ1) is 13.6. The minimum atomic E-state index is 0.0981. The molecule has 2 aromatic rings. The van der Waals surface area contributed by atoms with Crippen LogP contribution in [0.2, 0.25) is 0 Å². The molecule has 0 spiro atoms. The number of ether oxygens (including phenoxy) is 1. The first-order valence-corrected chi connectivity index (χ1v) is 7.48. The fourth-order valence-corrected chi connectivity index (χ4v) is 2.81. The van der Waals surface area contributed by atoms with Crippen molar-refractivity contribution in [1.29, 1.82) is 0 Å². The van der Waals surface area contributed by atoms with Gasteiger partial charge in [0.15, 0.2) is 5.65 Å². The standard InChI is InChI=1S/C16H23N3O/c1-16(2,3)11-13-18-12-7-6-9-17-15(12)19(13)14-8-4-5-10-20-14/h6-7,9,14H,4-5,8,10-11H2,1-3H3. The lowest BCUT2D eigenvalue weighted by atomic mass is 9.92. The van der Waals surface area contributed by atoms with Crippen LogP contribution in [-0.4, -0.2) is 21.1 Å². The second kappa shape index (κ2) is 5.17. The van der Waals surface area contributed by atoms with Gasteiger partial charge >= 0.3 is 0 Å². The zero-order chi connectivity index (χ0) is 14.2. The molecule has 0 aromatic carbocycles. The summed E-state index contributed by atoms with van der Waals surface area (Å²) < 4.78 is 8.19. The van der Waals surface area contributed by atoms with Crippen LogP contribution in [0.5, 0.6) is 0 Å². The summed E-state index contributed by atoms with van der Waals surface area (Å²) >= 11 is 0. The van der Waals surface area contributed by atoms with Crippen LogP contribution in [0, 0.1) is 5.41 Å². The molecular formula is C16H23N3O. The maximum Gasteiger partial charge on any atom is 0.162 e. The Hall–Kier alpha value is -1.42. The zero-order valence-electron chi connectivity index (χ0n) is 12.6. The van der Waals surface area contributed by atoms with E-state index >= 15 is 0 Å². The van der Waals surface area contributed by atoms with Crippen LogP contribution >= 0.6 is 0 Å². The van der Waals surface area contributed by atoms with Crippen molar-refractivity contribution >= 4 is 11.2 Å². The van der Waals surface area contributed by atoms with Crippen LogP contribution in [-0.2, 0) is 11.2 Å². The van der Waals surface area contributed by atoms with Gasteiger partial charge in [0.05, 0.1) is 0 Å². The Balaban J connectivity index is 2.07. The van der Waals surface area contributed by atoms with Crippen molar-refractivity contribution in [2.45, 2.75) is 52.7 Å². The minimum absolute atomic E-state index is 0.0981. The Bertz CT molecular complexity index is 591. The molecule has 0 N–H and O–H groups in total. The molecule has 2 aromatic heterocycles. The number of pyridine rings is 1. The Morgan fingerprint density at radius 3 is 2.90 bits per heavy atom. The van der Waals surface area contributed by atoms with Gasteiger partial charge in [-0.05, 0) is 36.8 Å². The largest absolute Gasteiger partial charge is 0.358 e. The van der Waals surface area contributed by atoms with E-state index in [4.69, 9.17) is 9.72 Å². The molecule has 0 saturated carbocycles. The highest BCUT2D eigenvalue weighted by atomic mass is 16.5. The summed E-state index contributed by atoms with van der Waals surface area (Å²) in [7, 11) is 0. The van der Waals surface area contributed by atoms with E-state index in [0.29, 0.717) is 0 Å². The highest BCUT2D eigenvalue weighted by molar-refractivity contribution is 5.71. The average Bonchev–Trinajstić information content (AvgIpc) is 2.75. The van der Waals surface area contributed by atoms with E-state index in [1.807, 2.05) is 18.3 Å².